The molecule has 0 radical (unpaired) electrons. The largest absolute Gasteiger partial charge is 0.497 e. The summed E-state index contributed by atoms with van der Waals surface area (Å²) in [6.07, 6.45) is 1.68. The molecule has 0 fully saturated rings. The van der Waals surface area contributed by atoms with Crippen LogP contribution in [0.1, 0.15) is 0 Å². The quantitative estimate of drug-likeness (QED) is 0.707. The molecule has 0 bridgehead atoms. The minimum Gasteiger partial charge on any atom is -0.497 e. The van der Waals surface area contributed by atoms with E-state index in [-0.39, 0.29) is 17.7 Å². The molecule has 2 aromatic rings. The molecule has 14 heavy (non-hydrogen) atoms. The fourth-order valence-corrected chi connectivity index (χ4v) is 1.25. The van der Waals surface area contributed by atoms with E-state index in [1.807, 2.05) is 18.2 Å². The molecular weight excluding hydrogens is 223 g/mol. The van der Waals surface area contributed by atoms with Gasteiger partial charge in [-0.2, -0.15) is 0 Å². The first-order valence-corrected chi connectivity index (χ1v) is 4.14. The van der Waals surface area contributed by atoms with Crippen LogP contribution < -0.4 is 4.74 Å². The molecule has 3 nitrogen and oxygen atoms in total. The molecule has 0 N–H and O–H groups in total. The molecule has 0 unspecified atom stereocenters. The summed E-state index contributed by atoms with van der Waals surface area (Å²) in [6.45, 7) is 0. The van der Waals surface area contributed by atoms with E-state index < -0.39 is 0 Å². The number of ether oxygens (including phenoxy) is 1. The zero-order chi connectivity index (χ0) is 9.26. The van der Waals surface area contributed by atoms with Gasteiger partial charge in [-0.25, -0.2) is 9.97 Å². The van der Waals surface area contributed by atoms with Crippen LogP contribution in [0, 0.1) is 0 Å². The highest BCUT2D eigenvalue weighted by molar-refractivity contribution is 6.28. The Kier molecular flexibility index (Phi) is 3.49. The van der Waals surface area contributed by atoms with Gasteiger partial charge in [0, 0.05) is 17.6 Å². The summed E-state index contributed by atoms with van der Waals surface area (Å²) in [4.78, 5) is 7.93. The van der Waals surface area contributed by atoms with Gasteiger partial charge in [-0.15, -0.1) is 12.4 Å². The van der Waals surface area contributed by atoms with Gasteiger partial charge in [-0.1, -0.05) is 0 Å². The maximum atomic E-state index is 5.65. The predicted molar refractivity (Wildman–Crippen MR) is 58.3 cm³/mol. The Labute approximate surface area is 92.5 Å². The van der Waals surface area contributed by atoms with Crippen molar-refractivity contribution in [3.8, 4) is 5.75 Å². The lowest BCUT2D eigenvalue weighted by Gasteiger charge is -2.00. The van der Waals surface area contributed by atoms with Crippen molar-refractivity contribution in [3.05, 3.63) is 29.7 Å². The van der Waals surface area contributed by atoms with E-state index in [2.05, 4.69) is 9.97 Å². The normalized spacial score (nSPS) is 9.57. The Morgan fingerprint density at radius 3 is 2.86 bits per heavy atom. The van der Waals surface area contributed by atoms with Crippen LogP contribution in [0.4, 0.5) is 0 Å². The highest BCUT2D eigenvalue weighted by atomic mass is 35.5. The molecule has 0 aliphatic carbocycles. The number of rotatable bonds is 1. The Morgan fingerprint density at radius 2 is 2.14 bits per heavy atom. The molecular formula is C9H8Cl2N2O. The topological polar surface area (TPSA) is 35.0 Å². The lowest BCUT2D eigenvalue weighted by atomic mass is 10.2. The molecule has 0 amide bonds. The molecule has 2 rings (SSSR count). The minimum absolute atomic E-state index is 0. The highest BCUT2D eigenvalue weighted by Gasteiger charge is 1.98. The predicted octanol–water partition coefficient (Wildman–Crippen LogP) is 2.71. The van der Waals surface area contributed by atoms with Crippen molar-refractivity contribution in [3.63, 3.8) is 0 Å². The van der Waals surface area contributed by atoms with Crippen molar-refractivity contribution in [2.75, 3.05) is 7.11 Å². The third-order valence-electron chi connectivity index (χ3n) is 1.76. The first-order chi connectivity index (χ1) is 6.29. The molecule has 1 heterocycles. The van der Waals surface area contributed by atoms with Gasteiger partial charge < -0.3 is 4.74 Å². The maximum Gasteiger partial charge on any atom is 0.222 e. The Bertz CT molecular complexity index is 448. The average Bonchev–Trinajstić information content (AvgIpc) is 2.16. The average molecular weight is 231 g/mol. The molecule has 0 aliphatic heterocycles. The van der Waals surface area contributed by atoms with Gasteiger partial charge in [-0.3, -0.25) is 0 Å². The Balaban J connectivity index is 0.000000980. The van der Waals surface area contributed by atoms with Gasteiger partial charge in [0.25, 0.3) is 0 Å². The van der Waals surface area contributed by atoms with E-state index >= 15 is 0 Å². The van der Waals surface area contributed by atoms with E-state index in [0.29, 0.717) is 0 Å². The molecule has 74 valence electrons. The van der Waals surface area contributed by atoms with Crippen molar-refractivity contribution in [2.45, 2.75) is 0 Å². The van der Waals surface area contributed by atoms with Gasteiger partial charge in [0.15, 0.2) is 0 Å². The standard InChI is InChI=1S/C9H7ClN2O.ClH/c1-13-7-3-2-6-5-11-9(10)12-8(6)4-7;/h2-5H,1H3;1H. The summed E-state index contributed by atoms with van der Waals surface area (Å²) in [6, 6.07) is 5.58. The van der Waals surface area contributed by atoms with Crippen LogP contribution in [-0.2, 0) is 0 Å². The summed E-state index contributed by atoms with van der Waals surface area (Å²) in [5.74, 6) is 0.766. The van der Waals surface area contributed by atoms with Gasteiger partial charge in [-0.05, 0) is 23.7 Å². The van der Waals surface area contributed by atoms with E-state index in [1.165, 1.54) is 0 Å². The smallest absolute Gasteiger partial charge is 0.222 e. The summed E-state index contributed by atoms with van der Waals surface area (Å²) in [7, 11) is 1.62. The number of aromatic nitrogens is 2. The molecule has 0 saturated heterocycles. The zero-order valence-corrected chi connectivity index (χ0v) is 8.97. The second-order valence-electron chi connectivity index (χ2n) is 2.56. The number of hydrogen-bond acceptors (Lipinski definition) is 3. The van der Waals surface area contributed by atoms with Crippen LogP contribution in [0.5, 0.6) is 5.75 Å². The van der Waals surface area contributed by atoms with E-state index in [1.54, 1.807) is 13.3 Å². The second-order valence-corrected chi connectivity index (χ2v) is 2.90. The van der Waals surface area contributed by atoms with Crippen LogP contribution in [-0.4, -0.2) is 17.1 Å². The van der Waals surface area contributed by atoms with E-state index in [4.69, 9.17) is 16.3 Å². The summed E-state index contributed by atoms with van der Waals surface area (Å²) >= 11 is 5.65. The second kappa shape index (κ2) is 4.44. The summed E-state index contributed by atoms with van der Waals surface area (Å²) < 4.78 is 5.06. The van der Waals surface area contributed by atoms with Crippen molar-refractivity contribution in [1.82, 2.24) is 9.97 Å². The number of nitrogens with zero attached hydrogens (tertiary/aromatic N) is 2. The number of fused-ring (bicyclic) bond motifs is 1. The molecule has 0 atom stereocenters. The number of halogens is 2. The lowest BCUT2D eigenvalue weighted by molar-refractivity contribution is 0.415. The molecule has 0 aliphatic rings. The van der Waals surface area contributed by atoms with Crippen molar-refractivity contribution in [2.24, 2.45) is 0 Å². The number of hydrogen-bond donors (Lipinski definition) is 0. The SMILES string of the molecule is COc1ccc2cnc(Cl)nc2c1.Cl. The Hall–Kier alpha value is -1.06. The third kappa shape index (κ3) is 2.05. The lowest BCUT2D eigenvalue weighted by Crippen LogP contribution is -1.86. The van der Waals surface area contributed by atoms with Gasteiger partial charge in [0.1, 0.15) is 5.75 Å². The van der Waals surface area contributed by atoms with Gasteiger partial charge in [0.2, 0.25) is 5.28 Å². The summed E-state index contributed by atoms with van der Waals surface area (Å²) in [5, 5.41) is 1.20. The highest BCUT2D eigenvalue weighted by Crippen LogP contribution is 2.19. The molecule has 5 heteroatoms. The molecule has 1 aromatic heterocycles. The first-order valence-electron chi connectivity index (χ1n) is 3.76. The maximum absolute atomic E-state index is 5.65. The van der Waals surface area contributed by atoms with Crippen molar-refractivity contribution in [1.29, 1.82) is 0 Å². The number of methoxy groups -OCH3 is 1. The fourth-order valence-electron chi connectivity index (χ4n) is 1.11. The van der Waals surface area contributed by atoms with Crippen LogP contribution in [0.15, 0.2) is 24.4 Å². The number of benzene rings is 1. The van der Waals surface area contributed by atoms with E-state index in [9.17, 15) is 0 Å². The van der Waals surface area contributed by atoms with Gasteiger partial charge >= 0.3 is 0 Å². The monoisotopic (exact) mass is 230 g/mol. The van der Waals surface area contributed by atoms with Crippen molar-refractivity contribution >= 4 is 34.9 Å². The third-order valence-corrected chi connectivity index (χ3v) is 1.94. The van der Waals surface area contributed by atoms with E-state index in [0.717, 1.165) is 16.7 Å². The van der Waals surface area contributed by atoms with Gasteiger partial charge in [0.05, 0.1) is 12.6 Å². The zero-order valence-electron chi connectivity index (χ0n) is 7.40. The Morgan fingerprint density at radius 1 is 1.36 bits per heavy atom. The van der Waals surface area contributed by atoms with Crippen LogP contribution in [0.2, 0.25) is 5.28 Å². The minimum atomic E-state index is 0. The first kappa shape index (κ1) is 11.0. The molecule has 1 aromatic carbocycles. The molecule has 0 saturated carbocycles. The van der Waals surface area contributed by atoms with Crippen LogP contribution in [0.25, 0.3) is 10.9 Å². The summed E-state index contributed by atoms with van der Waals surface area (Å²) in [5.41, 5.74) is 0.791. The van der Waals surface area contributed by atoms with Crippen LogP contribution >= 0.6 is 24.0 Å². The van der Waals surface area contributed by atoms with Crippen LogP contribution in [0.3, 0.4) is 0 Å². The fraction of sp³-hybridized carbons (Fsp3) is 0.111. The molecule has 0 spiro atoms. The van der Waals surface area contributed by atoms with Crippen molar-refractivity contribution < 1.29 is 4.74 Å².